The van der Waals surface area contributed by atoms with Crippen molar-refractivity contribution < 1.29 is 13.7 Å². The number of rotatable bonds is 8. The van der Waals surface area contributed by atoms with E-state index in [9.17, 15) is 4.79 Å². The summed E-state index contributed by atoms with van der Waals surface area (Å²) < 4.78 is 11.2. The van der Waals surface area contributed by atoms with Crippen LogP contribution >= 0.6 is 0 Å². The first-order valence-electron chi connectivity index (χ1n) is 10.0. The summed E-state index contributed by atoms with van der Waals surface area (Å²) in [4.78, 5) is 13.4. The summed E-state index contributed by atoms with van der Waals surface area (Å²) >= 11 is 0. The van der Waals surface area contributed by atoms with E-state index in [2.05, 4.69) is 21.1 Å². The van der Waals surface area contributed by atoms with Crippen molar-refractivity contribution in [2.75, 3.05) is 30.8 Å². The molecule has 7 nitrogen and oxygen atoms in total. The molecule has 4 aromatic rings. The third kappa shape index (κ3) is 3.04. The van der Waals surface area contributed by atoms with Gasteiger partial charge in [0.15, 0.2) is 11.5 Å². The molecular formula is C23H22N4O3. The maximum atomic E-state index is 13.4. The van der Waals surface area contributed by atoms with Gasteiger partial charge in [-0.3, -0.25) is 4.79 Å². The van der Waals surface area contributed by atoms with E-state index in [0.717, 1.165) is 47.6 Å². The van der Waals surface area contributed by atoms with E-state index in [0.29, 0.717) is 28.9 Å². The normalized spacial score (nSPS) is 12.2. The Morgan fingerprint density at radius 3 is 2.67 bits per heavy atom. The van der Waals surface area contributed by atoms with Crippen LogP contribution in [-0.2, 0) is 6.54 Å². The van der Waals surface area contributed by atoms with Crippen LogP contribution in [0, 0.1) is 0 Å². The predicted octanol–water partition coefficient (Wildman–Crippen LogP) is 4.27. The lowest BCUT2D eigenvalue weighted by molar-refractivity contribution is 0.104. The molecule has 2 aromatic heterocycles. The van der Waals surface area contributed by atoms with Gasteiger partial charge in [0, 0.05) is 23.4 Å². The highest BCUT2D eigenvalue weighted by atomic mass is 16.5. The van der Waals surface area contributed by atoms with E-state index in [1.165, 1.54) is 0 Å². The van der Waals surface area contributed by atoms with E-state index in [-0.39, 0.29) is 5.78 Å². The Bertz CT molecular complexity index is 1210. The molecule has 0 atom stereocenters. The molecule has 0 spiro atoms. The average molecular weight is 402 g/mol. The Balaban J connectivity index is 1.62. The van der Waals surface area contributed by atoms with Crippen LogP contribution in [0.15, 0.2) is 57.7 Å². The smallest absolute Gasteiger partial charge is 0.196 e. The van der Waals surface area contributed by atoms with Gasteiger partial charge in [0.2, 0.25) is 0 Å². The molecule has 3 N–H and O–H groups in total. The molecule has 30 heavy (non-hydrogen) atoms. The van der Waals surface area contributed by atoms with Crippen LogP contribution in [-0.4, -0.2) is 31.1 Å². The van der Waals surface area contributed by atoms with Crippen LogP contribution < -0.4 is 16.0 Å². The summed E-state index contributed by atoms with van der Waals surface area (Å²) in [7, 11) is 1.93. The summed E-state index contributed by atoms with van der Waals surface area (Å²) in [6.45, 7) is 2.14. The second-order valence-electron chi connectivity index (χ2n) is 7.27. The van der Waals surface area contributed by atoms with Gasteiger partial charge in [-0.15, -0.1) is 0 Å². The quantitative estimate of drug-likeness (QED) is 0.334. The van der Waals surface area contributed by atoms with Crippen molar-refractivity contribution >= 4 is 28.1 Å². The molecule has 1 aliphatic carbocycles. The third-order valence-corrected chi connectivity index (χ3v) is 5.35. The van der Waals surface area contributed by atoms with E-state index in [1.54, 1.807) is 6.26 Å². The molecule has 0 saturated carbocycles. The van der Waals surface area contributed by atoms with Gasteiger partial charge < -0.3 is 24.9 Å². The molecule has 0 bridgehead atoms. The monoisotopic (exact) mass is 402 g/mol. The molecule has 5 rings (SSSR count). The van der Waals surface area contributed by atoms with Gasteiger partial charge in [-0.05, 0) is 38.2 Å². The highest BCUT2D eigenvalue weighted by Gasteiger charge is 2.32. The number of anilines is 2. The van der Waals surface area contributed by atoms with E-state index < -0.39 is 0 Å². The van der Waals surface area contributed by atoms with Crippen molar-refractivity contribution in [1.29, 1.82) is 0 Å². The number of hydrogen-bond acceptors (Lipinski definition) is 7. The molecule has 1 aliphatic rings. The molecule has 0 amide bonds. The van der Waals surface area contributed by atoms with Crippen molar-refractivity contribution in [2.24, 2.45) is 0 Å². The zero-order valence-corrected chi connectivity index (χ0v) is 16.6. The molecule has 0 aliphatic heterocycles. The van der Waals surface area contributed by atoms with Gasteiger partial charge >= 0.3 is 0 Å². The highest BCUT2D eigenvalue weighted by Crippen LogP contribution is 2.44. The fourth-order valence-electron chi connectivity index (χ4n) is 3.92. The van der Waals surface area contributed by atoms with Crippen molar-refractivity contribution in [3.8, 4) is 11.3 Å². The SMILES string of the molecule is CNCCCNc1cc(NCc2ccco2)c2noc3c2c1C(=O)c1ccccc1-3. The van der Waals surface area contributed by atoms with Crippen LogP contribution in [0.5, 0.6) is 0 Å². The zero-order valence-electron chi connectivity index (χ0n) is 16.6. The summed E-state index contributed by atoms with van der Waals surface area (Å²) in [5.74, 6) is 1.43. The molecular weight excluding hydrogens is 380 g/mol. The lowest BCUT2D eigenvalue weighted by Gasteiger charge is -2.19. The van der Waals surface area contributed by atoms with Crippen molar-refractivity contribution in [3.63, 3.8) is 0 Å². The van der Waals surface area contributed by atoms with Gasteiger partial charge in [0.05, 0.1) is 29.4 Å². The first kappa shape index (κ1) is 18.4. The Labute approximate surface area is 173 Å². The van der Waals surface area contributed by atoms with Gasteiger partial charge in [-0.2, -0.15) is 0 Å². The average Bonchev–Trinajstić information content (AvgIpc) is 3.45. The molecule has 0 fully saturated rings. The highest BCUT2D eigenvalue weighted by molar-refractivity contribution is 6.28. The maximum absolute atomic E-state index is 13.4. The second-order valence-corrected chi connectivity index (χ2v) is 7.27. The topological polar surface area (TPSA) is 92.3 Å². The largest absolute Gasteiger partial charge is 0.467 e. The number of benzene rings is 2. The Morgan fingerprint density at radius 2 is 1.87 bits per heavy atom. The lowest BCUT2D eigenvalue weighted by atomic mass is 9.86. The Morgan fingerprint density at radius 1 is 1.00 bits per heavy atom. The van der Waals surface area contributed by atoms with E-state index >= 15 is 0 Å². The lowest BCUT2D eigenvalue weighted by Crippen LogP contribution is -2.16. The minimum absolute atomic E-state index is 0.0139. The van der Waals surface area contributed by atoms with Crippen molar-refractivity contribution in [3.05, 3.63) is 65.6 Å². The van der Waals surface area contributed by atoms with E-state index in [1.807, 2.05) is 49.5 Å². The predicted molar refractivity (Wildman–Crippen MR) is 116 cm³/mol. The zero-order chi connectivity index (χ0) is 20.5. The van der Waals surface area contributed by atoms with Crippen LogP contribution in [0.4, 0.5) is 11.4 Å². The number of ketones is 1. The molecule has 7 heteroatoms. The summed E-state index contributed by atoms with van der Waals surface area (Å²) in [6, 6.07) is 13.2. The maximum Gasteiger partial charge on any atom is 0.196 e. The number of carbonyl (C=O) groups is 1. The standard InChI is InChI=1S/C23H22N4O3/c1-24-9-5-10-25-17-12-18(26-13-14-6-4-11-29-14)21-20-19(17)22(28)15-7-2-3-8-16(15)23(20)30-27-21/h2-4,6-8,11-12,24-26H,5,9-10,13H2,1H3. The fourth-order valence-corrected chi connectivity index (χ4v) is 3.92. The molecule has 0 radical (unpaired) electrons. The first-order chi connectivity index (χ1) is 14.8. The van der Waals surface area contributed by atoms with Gasteiger partial charge in [-0.25, -0.2) is 0 Å². The van der Waals surface area contributed by atoms with Crippen LogP contribution in [0.2, 0.25) is 0 Å². The molecule has 2 aromatic carbocycles. The van der Waals surface area contributed by atoms with Crippen LogP contribution in [0.3, 0.4) is 0 Å². The number of nitrogens with zero attached hydrogens (tertiary/aromatic N) is 1. The minimum atomic E-state index is -0.0139. The van der Waals surface area contributed by atoms with Gasteiger partial charge in [0.25, 0.3) is 0 Å². The molecule has 0 saturated heterocycles. The van der Waals surface area contributed by atoms with Crippen molar-refractivity contribution in [2.45, 2.75) is 13.0 Å². The number of nitrogens with one attached hydrogen (secondary N) is 3. The molecule has 152 valence electrons. The first-order valence-corrected chi connectivity index (χ1v) is 10.0. The second kappa shape index (κ2) is 7.68. The summed E-state index contributed by atoms with van der Waals surface area (Å²) in [6.07, 6.45) is 2.58. The summed E-state index contributed by atoms with van der Waals surface area (Å²) in [5, 5.41) is 15.0. The number of hydrogen-bond donors (Lipinski definition) is 3. The van der Waals surface area contributed by atoms with E-state index in [4.69, 9.17) is 8.94 Å². The third-order valence-electron chi connectivity index (χ3n) is 5.35. The van der Waals surface area contributed by atoms with Gasteiger partial charge in [-0.1, -0.05) is 29.4 Å². The molecule has 0 unspecified atom stereocenters. The number of aromatic nitrogens is 1. The molecule has 2 heterocycles. The fraction of sp³-hybridized carbons (Fsp3) is 0.217. The van der Waals surface area contributed by atoms with Crippen LogP contribution in [0.1, 0.15) is 28.1 Å². The number of furan rings is 1. The number of carbonyl (C=O) groups excluding carboxylic acids is 1. The number of fused-ring (bicyclic) bond motifs is 2. The van der Waals surface area contributed by atoms with Gasteiger partial charge in [0.1, 0.15) is 11.3 Å². The minimum Gasteiger partial charge on any atom is -0.467 e. The Hall–Kier alpha value is -3.58. The Kier molecular flexibility index (Phi) is 4.72. The van der Waals surface area contributed by atoms with Crippen LogP contribution in [0.25, 0.3) is 22.2 Å². The van der Waals surface area contributed by atoms with Crippen molar-refractivity contribution in [1.82, 2.24) is 10.5 Å². The summed E-state index contributed by atoms with van der Waals surface area (Å²) in [5.41, 5.74) is 4.26.